The fourth-order valence-electron chi connectivity index (χ4n) is 1.41. The highest BCUT2D eigenvalue weighted by molar-refractivity contribution is 5.93. The molecule has 0 aliphatic rings. The summed E-state index contributed by atoms with van der Waals surface area (Å²) in [6, 6.07) is 2.95. The summed E-state index contributed by atoms with van der Waals surface area (Å²) in [4.78, 5) is 21.5. The number of nitro groups is 1. The van der Waals surface area contributed by atoms with Gasteiger partial charge in [0.05, 0.1) is 4.92 Å². The Morgan fingerprint density at radius 3 is 2.83 bits per heavy atom. The van der Waals surface area contributed by atoms with Crippen molar-refractivity contribution < 1.29 is 14.1 Å². The average Bonchev–Trinajstić information content (AvgIpc) is 2.29. The van der Waals surface area contributed by atoms with E-state index >= 15 is 0 Å². The summed E-state index contributed by atoms with van der Waals surface area (Å²) in [5.74, 6) is -1.01. The molecule has 0 spiro atoms. The lowest BCUT2D eigenvalue weighted by Crippen LogP contribution is -2.16. The highest BCUT2D eigenvalue weighted by Crippen LogP contribution is 2.24. The number of hydrogen-bond acceptors (Lipinski definition) is 4. The van der Waals surface area contributed by atoms with Crippen molar-refractivity contribution in [3.05, 3.63) is 34.1 Å². The first-order valence-electron chi connectivity index (χ1n) is 5.43. The van der Waals surface area contributed by atoms with E-state index in [0.717, 1.165) is 18.2 Å². The normalized spacial score (nSPS) is 10.1. The first kappa shape index (κ1) is 14.0. The van der Waals surface area contributed by atoms with Gasteiger partial charge in [0.1, 0.15) is 11.5 Å². The van der Waals surface area contributed by atoms with Crippen LogP contribution in [-0.4, -0.2) is 24.4 Å². The maximum absolute atomic E-state index is 13.0. The summed E-state index contributed by atoms with van der Waals surface area (Å²) >= 11 is 0. The minimum atomic E-state index is -0.664. The third-order valence-electron chi connectivity index (χ3n) is 2.26. The molecule has 0 saturated heterocycles. The van der Waals surface area contributed by atoms with Crippen LogP contribution in [0.15, 0.2) is 18.2 Å². The van der Waals surface area contributed by atoms with Gasteiger partial charge in [0.15, 0.2) is 0 Å². The number of halogens is 1. The Morgan fingerprint density at radius 2 is 2.22 bits per heavy atom. The summed E-state index contributed by atoms with van der Waals surface area (Å²) in [5, 5.41) is 15.9. The van der Waals surface area contributed by atoms with Crippen LogP contribution in [0.1, 0.15) is 12.8 Å². The molecular formula is C11H14FN3O3. The molecule has 0 aromatic heterocycles. The largest absolute Gasteiger partial charge is 0.320 e. The number of hydrogen-bond donors (Lipinski definition) is 2. The molecular weight excluding hydrogens is 241 g/mol. The third kappa shape index (κ3) is 4.10. The van der Waals surface area contributed by atoms with E-state index in [1.165, 1.54) is 0 Å². The van der Waals surface area contributed by atoms with Gasteiger partial charge >= 0.3 is 0 Å². The zero-order chi connectivity index (χ0) is 13.5. The van der Waals surface area contributed by atoms with Crippen LogP contribution in [0.2, 0.25) is 0 Å². The van der Waals surface area contributed by atoms with Crippen LogP contribution >= 0.6 is 0 Å². The van der Waals surface area contributed by atoms with Crippen molar-refractivity contribution in [1.29, 1.82) is 0 Å². The smallest absolute Gasteiger partial charge is 0.292 e. The molecule has 0 aliphatic carbocycles. The van der Waals surface area contributed by atoms with Crippen molar-refractivity contribution in [2.75, 3.05) is 18.9 Å². The third-order valence-corrected chi connectivity index (χ3v) is 2.26. The molecule has 2 N–H and O–H groups in total. The molecule has 0 heterocycles. The predicted octanol–water partition coefficient (Wildman–Crippen LogP) is 1.67. The van der Waals surface area contributed by atoms with Crippen LogP contribution in [-0.2, 0) is 4.79 Å². The van der Waals surface area contributed by atoms with E-state index in [1.807, 2.05) is 0 Å². The van der Waals surface area contributed by atoms with Gasteiger partial charge in [-0.05, 0) is 26.1 Å². The SMILES string of the molecule is CNCCCC(=O)Nc1cc(F)ccc1[N+](=O)[O-]. The first-order valence-corrected chi connectivity index (χ1v) is 5.43. The first-order chi connectivity index (χ1) is 8.54. The molecule has 0 unspecified atom stereocenters. The molecule has 0 fully saturated rings. The molecule has 7 heteroatoms. The van der Waals surface area contributed by atoms with Crippen molar-refractivity contribution in [2.45, 2.75) is 12.8 Å². The van der Waals surface area contributed by atoms with E-state index in [0.29, 0.717) is 13.0 Å². The molecule has 0 radical (unpaired) electrons. The maximum Gasteiger partial charge on any atom is 0.292 e. The molecule has 1 amide bonds. The van der Waals surface area contributed by atoms with Crippen molar-refractivity contribution in [3.63, 3.8) is 0 Å². The van der Waals surface area contributed by atoms with Crippen LogP contribution in [0.3, 0.4) is 0 Å². The summed E-state index contributed by atoms with van der Waals surface area (Å²) in [7, 11) is 1.76. The molecule has 1 aromatic carbocycles. The van der Waals surface area contributed by atoms with Crippen molar-refractivity contribution in [2.24, 2.45) is 0 Å². The summed E-state index contributed by atoms with van der Waals surface area (Å²) < 4.78 is 13.0. The Bertz CT molecular complexity index is 451. The summed E-state index contributed by atoms with van der Waals surface area (Å²) in [6.45, 7) is 0.665. The molecule has 0 atom stereocenters. The molecule has 0 bridgehead atoms. The van der Waals surface area contributed by atoms with Gasteiger partial charge in [-0.25, -0.2) is 4.39 Å². The second kappa shape index (κ2) is 6.65. The molecule has 18 heavy (non-hydrogen) atoms. The van der Waals surface area contributed by atoms with Gasteiger partial charge in [-0.15, -0.1) is 0 Å². The number of nitrogens with zero attached hydrogens (tertiary/aromatic N) is 1. The van der Waals surface area contributed by atoms with E-state index in [9.17, 15) is 19.3 Å². The van der Waals surface area contributed by atoms with Gasteiger partial charge in [-0.1, -0.05) is 0 Å². The second-order valence-corrected chi connectivity index (χ2v) is 3.67. The van der Waals surface area contributed by atoms with Crippen LogP contribution < -0.4 is 10.6 Å². The highest BCUT2D eigenvalue weighted by Gasteiger charge is 2.16. The van der Waals surface area contributed by atoms with E-state index in [-0.39, 0.29) is 23.7 Å². The Morgan fingerprint density at radius 1 is 1.50 bits per heavy atom. The number of benzene rings is 1. The van der Waals surface area contributed by atoms with Crippen molar-refractivity contribution in [3.8, 4) is 0 Å². The molecule has 98 valence electrons. The lowest BCUT2D eigenvalue weighted by atomic mass is 10.2. The average molecular weight is 255 g/mol. The predicted molar refractivity (Wildman–Crippen MR) is 64.8 cm³/mol. The summed E-state index contributed by atoms with van der Waals surface area (Å²) in [6.07, 6.45) is 0.819. The van der Waals surface area contributed by atoms with Gasteiger partial charge in [0, 0.05) is 18.6 Å². The quantitative estimate of drug-likeness (QED) is 0.460. The molecule has 1 aromatic rings. The number of amides is 1. The fraction of sp³-hybridized carbons (Fsp3) is 0.364. The van der Waals surface area contributed by atoms with Gasteiger partial charge in [0.25, 0.3) is 5.69 Å². The Hall–Kier alpha value is -2.02. The minimum Gasteiger partial charge on any atom is -0.320 e. The number of anilines is 1. The van der Waals surface area contributed by atoms with Gasteiger partial charge in [-0.3, -0.25) is 14.9 Å². The maximum atomic E-state index is 13.0. The zero-order valence-corrected chi connectivity index (χ0v) is 9.90. The Labute approximate surface area is 103 Å². The zero-order valence-electron chi connectivity index (χ0n) is 9.90. The standard InChI is InChI=1S/C11H14FN3O3/c1-13-6-2-3-11(16)14-9-7-8(12)4-5-10(9)15(17)18/h4-5,7,13H,2-3,6H2,1H3,(H,14,16). The number of rotatable bonds is 6. The van der Waals surface area contributed by atoms with E-state index in [1.54, 1.807) is 7.05 Å². The molecule has 0 saturated carbocycles. The highest BCUT2D eigenvalue weighted by atomic mass is 19.1. The van der Waals surface area contributed by atoms with Crippen molar-refractivity contribution in [1.82, 2.24) is 5.32 Å². The van der Waals surface area contributed by atoms with E-state index in [4.69, 9.17) is 0 Å². The van der Waals surface area contributed by atoms with Crippen LogP contribution in [0.4, 0.5) is 15.8 Å². The molecule has 1 rings (SSSR count). The molecule has 6 nitrogen and oxygen atoms in total. The monoisotopic (exact) mass is 255 g/mol. The van der Waals surface area contributed by atoms with Crippen LogP contribution in [0.25, 0.3) is 0 Å². The topological polar surface area (TPSA) is 84.3 Å². The Balaban J connectivity index is 2.73. The number of carbonyl (C=O) groups excluding carboxylic acids is 1. The van der Waals surface area contributed by atoms with Crippen molar-refractivity contribution >= 4 is 17.3 Å². The minimum absolute atomic E-state index is 0.116. The number of nitro benzene ring substituents is 1. The van der Waals surface area contributed by atoms with E-state index in [2.05, 4.69) is 10.6 Å². The van der Waals surface area contributed by atoms with E-state index < -0.39 is 10.7 Å². The number of carbonyl (C=O) groups is 1. The van der Waals surface area contributed by atoms with Gasteiger partial charge in [0.2, 0.25) is 5.91 Å². The fourth-order valence-corrected chi connectivity index (χ4v) is 1.41. The lowest BCUT2D eigenvalue weighted by Gasteiger charge is -2.06. The van der Waals surface area contributed by atoms with Crippen LogP contribution in [0.5, 0.6) is 0 Å². The number of nitrogens with one attached hydrogen (secondary N) is 2. The van der Waals surface area contributed by atoms with Gasteiger partial charge < -0.3 is 10.6 Å². The molecule has 0 aliphatic heterocycles. The van der Waals surface area contributed by atoms with Crippen LogP contribution in [0, 0.1) is 15.9 Å². The summed E-state index contributed by atoms with van der Waals surface area (Å²) in [5.41, 5.74) is -0.437. The van der Waals surface area contributed by atoms with Gasteiger partial charge in [-0.2, -0.15) is 0 Å². The second-order valence-electron chi connectivity index (χ2n) is 3.67. The Kier molecular flexibility index (Phi) is 5.19. The lowest BCUT2D eigenvalue weighted by molar-refractivity contribution is -0.384.